The molecule has 0 fully saturated rings. The minimum Gasteiger partial charge on any atom is -0.389 e. The van der Waals surface area contributed by atoms with Gasteiger partial charge in [0.2, 0.25) is 0 Å². The SMILES string of the molecule is CCC(C)(O)CNC1CCCc2sc(Cl)cc21. The molecule has 0 saturated carbocycles. The molecule has 0 aromatic carbocycles. The van der Waals surface area contributed by atoms with Gasteiger partial charge in [0, 0.05) is 17.5 Å². The van der Waals surface area contributed by atoms with E-state index in [-0.39, 0.29) is 0 Å². The van der Waals surface area contributed by atoms with E-state index in [0.717, 1.165) is 23.6 Å². The van der Waals surface area contributed by atoms with Crippen molar-refractivity contribution in [3.05, 3.63) is 20.8 Å². The third-order valence-corrected chi connectivity index (χ3v) is 4.91. The Bertz CT molecular complexity index is 389. The molecule has 4 heteroatoms. The number of aryl methyl sites for hydroxylation is 1. The summed E-state index contributed by atoms with van der Waals surface area (Å²) in [5, 5.41) is 13.5. The van der Waals surface area contributed by atoms with Gasteiger partial charge in [-0.2, -0.15) is 0 Å². The summed E-state index contributed by atoms with van der Waals surface area (Å²) in [4.78, 5) is 1.41. The lowest BCUT2D eigenvalue weighted by Crippen LogP contribution is -2.39. The number of fused-ring (bicyclic) bond motifs is 1. The van der Waals surface area contributed by atoms with E-state index in [1.54, 1.807) is 11.3 Å². The van der Waals surface area contributed by atoms with Crippen LogP contribution in [0.3, 0.4) is 0 Å². The molecule has 0 saturated heterocycles. The minimum atomic E-state index is -0.614. The summed E-state index contributed by atoms with van der Waals surface area (Å²) in [6.07, 6.45) is 4.26. The number of aliphatic hydroxyl groups is 1. The lowest BCUT2D eigenvalue weighted by Gasteiger charge is -2.28. The van der Waals surface area contributed by atoms with Gasteiger partial charge >= 0.3 is 0 Å². The number of rotatable bonds is 4. The number of thiophene rings is 1. The van der Waals surface area contributed by atoms with Crippen LogP contribution in [-0.4, -0.2) is 17.3 Å². The van der Waals surface area contributed by atoms with E-state index in [1.165, 1.54) is 16.9 Å². The molecule has 1 aromatic heterocycles. The van der Waals surface area contributed by atoms with Crippen molar-refractivity contribution in [1.29, 1.82) is 0 Å². The topological polar surface area (TPSA) is 32.3 Å². The summed E-state index contributed by atoms with van der Waals surface area (Å²) in [5.41, 5.74) is 0.732. The van der Waals surface area contributed by atoms with Crippen molar-refractivity contribution in [3.8, 4) is 0 Å². The molecule has 1 aliphatic rings. The summed E-state index contributed by atoms with van der Waals surface area (Å²) < 4.78 is 0.881. The lowest BCUT2D eigenvalue weighted by molar-refractivity contribution is 0.0522. The van der Waals surface area contributed by atoms with Crippen LogP contribution in [0.4, 0.5) is 0 Å². The highest BCUT2D eigenvalue weighted by molar-refractivity contribution is 7.16. The third kappa shape index (κ3) is 3.22. The zero-order valence-corrected chi connectivity index (χ0v) is 12.0. The average molecular weight is 274 g/mol. The van der Waals surface area contributed by atoms with E-state index in [4.69, 9.17) is 11.6 Å². The van der Waals surface area contributed by atoms with Gasteiger partial charge in [-0.3, -0.25) is 0 Å². The van der Waals surface area contributed by atoms with Crippen LogP contribution in [0, 0.1) is 0 Å². The van der Waals surface area contributed by atoms with E-state index < -0.39 is 5.60 Å². The second-order valence-electron chi connectivity index (χ2n) is 5.11. The molecule has 2 unspecified atom stereocenters. The molecule has 1 heterocycles. The fourth-order valence-corrected chi connectivity index (χ4v) is 3.59. The Morgan fingerprint density at radius 1 is 1.65 bits per heavy atom. The zero-order chi connectivity index (χ0) is 12.5. The van der Waals surface area contributed by atoms with E-state index in [2.05, 4.69) is 11.4 Å². The van der Waals surface area contributed by atoms with Gasteiger partial charge in [0.1, 0.15) is 0 Å². The maximum atomic E-state index is 10.0. The van der Waals surface area contributed by atoms with Gasteiger partial charge in [-0.1, -0.05) is 18.5 Å². The molecule has 1 aromatic rings. The molecule has 2 atom stereocenters. The summed E-state index contributed by atoms with van der Waals surface area (Å²) in [5.74, 6) is 0. The van der Waals surface area contributed by atoms with Crippen molar-refractivity contribution in [2.75, 3.05) is 6.54 Å². The second-order valence-corrected chi connectivity index (χ2v) is 6.87. The summed E-state index contributed by atoms with van der Waals surface area (Å²) in [7, 11) is 0. The number of hydrogen-bond donors (Lipinski definition) is 2. The van der Waals surface area contributed by atoms with Crippen LogP contribution in [-0.2, 0) is 6.42 Å². The molecule has 0 amide bonds. The molecule has 2 nitrogen and oxygen atoms in total. The van der Waals surface area contributed by atoms with Crippen LogP contribution in [0.1, 0.15) is 49.6 Å². The molecule has 2 rings (SSSR count). The zero-order valence-electron chi connectivity index (χ0n) is 10.4. The standard InChI is InChI=1S/C13H20ClNOS/c1-3-13(2,16)8-15-10-5-4-6-11-9(10)7-12(14)17-11/h7,10,15-16H,3-6,8H2,1-2H3. The largest absolute Gasteiger partial charge is 0.389 e. The van der Waals surface area contributed by atoms with Crippen LogP contribution in [0.5, 0.6) is 0 Å². The fourth-order valence-electron chi connectivity index (χ4n) is 2.20. The van der Waals surface area contributed by atoms with Gasteiger partial charge in [-0.15, -0.1) is 11.3 Å². The fraction of sp³-hybridized carbons (Fsp3) is 0.692. The van der Waals surface area contributed by atoms with Crippen LogP contribution >= 0.6 is 22.9 Å². The number of halogens is 1. The minimum absolute atomic E-state index is 0.362. The van der Waals surface area contributed by atoms with Crippen molar-refractivity contribution >= 4 is 22.9 Å². The Labute approximate surface area is 112 Å². The smallest absolute Gasteiger partial charge is 0.0934 e. The first kappa shape index (κ1) is 13.3. The Hall–Kier alpha value is -0.0900. The third-order valence-electron chi connectivity index (χ3n) is 3.57. The van der Waals surface area contributed by atoms with Crippen LogP contribution in [0.2, 0.25) is 4.34 Å². The molecule has 0 spiro atoms. The maximum Gasteiger partial charge on any atom is 0.0934 e. The van der Waals surface area contributed by atoms with E-state index in [9.17, 15) is 5.11 Å². The van der Waals surface area contributed by atoms with Crippen molar-refractivity contribution in [2.45, 2.75) is 51.2 Å². The molecule has 17 heavy (non-hydrogen) atoms. The maximum absolute atomic E-state index is 10.0. The van der Waals surface area contributed by atoms with Crippen molar-refractivity contribution in [2.24, 2.45) is 0 Å². The molecular weight excluding hydrogens is 254 g/mol. The van der Waals surface area contributed by atoms with Crippen molar-refractivity contribution < 1.29 is 5.11 Å². The Kier molecular flexibility index (Phi) is 4.14. The monoisotopic (exact) mass is 273 g/mol. The second kappa shape index (κ2) is 5.27. The first-order chi connectivity index (χ1) is 8.02. The van der Waals surface area contributed by atoms with Crippen molar-refractivity contribution in [1.82, 2.24) is 5.32 Å². The van der Waals surface area contributed by atoms with Gasteiger partial charge in [0.15, 0.2) is 0 Å². The van der Waals surface area contributed by atoms with Gasteiger partial charge in [0.05, 0.1) is 9.94 Å². The summed E-state index contributed by atoms with van der Waals surface area (Å²) in [6.45, 7) is 4.53. The predicted octanol–water partition coefficient (Wildman–Crippen LogP) is 3.53. The Morgan fingerprint density at radius 2 is 2.41 bits per heavy atom. The normalized spacial score (nSPS) is 23.2. The Morgan fingerprint density at radius 3 is 3.12 bits per heavy atom. The number of nitrogens with one attached hydrogen (secondary N) is 1. The van der Waals surface area contributed by atoms with Gasteiger partial charge < -0.3 is 10.4 Å². The molecule has 0 radical (unpaired) electrons. The highest BCUT2D eigenvalue weighted by atomic mass is 35.5. The number of hydrogen-bond acceptors (Lipinski definition) is 3. The van der Waals surface area contributed by atoms with Gasteiger partial charge in [-0.25, -0.2) is 0 Å². The molecule has 0 bridgehead atoms. The van der Waals surface area contributed by atoms with Crippen molar-refractivity contribution in [3.63, 3.8) is 0 Å². The highest BCUT2D eigenvalue weighted by Crippen LogP contribution is 2.37. The molecule has 96 valence electrons. The molecular formula is C13H20ClNOS. The van der Waals surface area contributed by atoms with E-state index >= 15 is 0 Å². The van der Waals surface area contributed by atoms with E-state index in [1.807, 2.05) is 13.8 Å². The average Bonchev–Trinajstić information content (AvgIpc) is 2.67. The summed E-state index contributed by atoms with van der Waals surface area (Å²) >= 11 is 7.77. The lowest BCUT2D eigenvalue weighted by atomic mass is 9.93. The van der Waals surface area contributed by atoms with Crippen LogP contribution < -0.4 is 5.32 Å². The van der Waals surface area contributed by atoms with Crippen LogP contribution in [0.25, 0.3) is 0 Å². The van der Waals surface area contributed by atoms with Gasteiger partial charge in [-0.05, 0) is 44.2 Å². The summed E-state index contributed by atoms with van der Waals surface area (Å²) in [6, 6.07) is 2.44. The predicted molar refractivity (Wildman–Crippen MR) is 73.9 cm³/mol. The Balaban J connectivity index is 2.03. The van der Waals surface area contributed by atoms with E-state index in [0.29, 0.717) is 12.6 Å². The molecule has 0 aliphatic heterocycles. The quantitative estimate of drug-likeness (QED) is 0.880. The first-order valence-corrected chi connectivity index (χ1v) is 7.45. The van der Waals surface area contributed by atoms with Crippen LogP contribution in [0.15, 0.2) is 6.07 Å². The molecule has 2 N–H and O–H groups in total. The van der Waals surface area contributed by atoms with Gasteiger partial charge in [0.25, 0.3) is 0 Å². The molecule has 1 aliphatic carbocycles. The highest BCUT2D eigenvalue weighted by Gasteiger charge is 2.25. The first-order valence-electron chi connectivity index (χ1n) is 6.26.